The van der Waals surface area contributed by atoms with Crippen molar-refractivity contribution in [3.05, 3.63) is 24.3 Å². The van der Waals surface area contributed by atoms with Gasteiger partial charge in [-0.05, 0) is 31.2 Å². The molecule has 0 aliphatic carbocycles. The first-order valence-corrected chi connectivity index (χ1v) is 9.89. The highest BCUT2D eigenvalue weighted by Gasteiger charge is 2.10. The van der Waals surface area contributed by atoms with Crippen LogP contribution in [0.1, 0.15) is 58.3 Å². The molecule has 4 nitrogen and oxygen atoms in total. The Morgan fingerprint density at radius 3 is 2.42 bits per heavy atom. The van der Waals surface area contributed by atoms with E-state index in [1.807, 2.05) is 24.5 Å². The summed E-state index contributed by atoms with van der Waals surface area (Å²) < 4.78 is 10.5. The molecule has 0 saturated heterocycles. The van der Waals surface area contributed by atoms with Crippen LogP contribution in [-0.2, 0) is 14.3 Å². The van der Waals surface area contributed by atoms with Gasteiger partial charge in [0.25, 0.3) is 0 Å². The van der Waals surface area contributed by atoms with Crippen molar-refractivity contribution in [2.75, 3.05) is 12.9 Å². The maximum absolute atomic E-state index is 11.8. The van der Waals surface area contributed by atoms with Gasteiger partial charge in [-0.25, -0.2) is 0 Å². The molecule has 0 fully saturated rings. The van der Waals surface area contributed by atoms with Crippen LogP contribution in [0, 0.1) is 0 Å². The van der Waals surface area contributed by atoms with Crippen LogP contribution in [-0.4, -0.2) is 24.8 Å². The van der Waals surface area contributed by atoms with Crippen molar-refractivity contribution in [3.8, 4) is 5.75 Å². The SMILES string of the molecule is CCCCCCCOC(=O)CCCC(=O)Oc1ccccc1SC. The summed E-state index contributed by atoms with van der Waals surface area (Å²) in [5.41, 5.74) is 0. The smallest absolute Gasteiger partial charge is 0.311 e. The first-order valence-electron chi connectivity index (χ1n) is 8.66. The van der Waals surface area contributed by atoms with E-state index in [2.05, 4.69) is 6.92 Å². The third-order valence-corrected chi connectivity index (χ3v) is 4.34. The molecule has 0 heterocycles. The van der Waals surface area contributed by atoms with Crippen molar-refractivity contribution >= 4 is 23.7 Å². The minimum absolute atomic E-state index is 0.217. The minimum Gasteiger partial charge on any atom is -0.466 e. The molecule has 5 heteroatoms. The lowest BCUT2D eigenvalue weighted by Gasteiger charge is -2.08. The number of benzene rings is 1. The Morgan fingerprint density at radius 2 is 1.67 bits per heavy atom. The average Bonchev–Trinajstić information content (AvgIpc) is 2.58. The Labute approximate surface area is 149 Å². The number of hydrogen-bond donors (Lipinski definition) is 0. The van der Waals surface area contributed by atoms with Gasteiger partial charge in [-0.15, -0.1) is 11.8 Å². The zero-order valence-corrected chi connectivity index (χ0v) is 15.5. The quantitative estimate of drug-likeness (QED) is 0.229. The van der Waals surface area contributed by atoms with Crippen molar-refractivity contribution < 1.29 is 19.1 Å². The fraction of sp³-hybridized carbons (Fsp3) is 0.579. The summed E-state index contributed by atoms with van der Waals surface area (Å²) in [6.07, 6.45) is 8.51. The zero-order chi connectivity index (χ0) is 17.6. The topological polar surface area (TPSA) is 52.6 Å². The normalized spacial score (nSPS) is 10.4. The highest BCUT2D eigenvalue weighted by molar-refractivity contribution is 7.98. The van der Waals surface area contributed by atoms with E-state index in [9.17, 15) is 9.59 Å². The first-order chi connectivity index (χ1) is 11.7. The zero-order valence-electron chi connectivity index (χ0n) is 14.7. The third-order valence-electron chi connectivity index (χ3n) is 3.57. The molecule has 0 atom stereocenters. The van der Waals surface area contributed by atoms with Crippen molar-refractivity contribution in [2.45, 2.75) is 63.2 Å². The molecule has 134 valence electrons. The number of esters is 2. The van der Waals surface area contributed by atoms with Crippen LogP contribution in [0.4, 0.5) is 0 Å². The maximum Gasteiger partial charge on any atom is 0.311 e. The fourth-order valence-corrected chi connectivity index (χ4v) is 2.74. The second kappa shape index (κ2) is 12.9. The van der Waals surface area contributed by atoms with Crippen molar-refractivity contribution in [1.82, 2.24) is 0 Å². The minimum atomic E-state index is -0.316. The van der Waals surface area contributed by atoms with E-state index in [0.29, 0.717) is 18.8 Å². The lowest BCUT2D eigenvalue weighted by molar-refractivity contribution is -0.144. The van der Waals surface area contributed by atoms with Crippen molar-refractivity contribution in [1.29, 1.82) is 0 Å². The second-order valence-corrected chi connectivity index (χ2v) is 6.46. The molecule has 0 aliphatic heterocycles. The van der Waals surface area contributed by atoms with Gasteiger partial charge in [0.05, 0.1) is 6.61 Å². The van der Waals surface area contributed by atoms with Gasteiger partial charge < -0.3 is 9.47 Å². The van der Waals surface area contributed by atoms with E-state index in [0.717, 1.165) is 17.7 Å². The van der Waals surface area contributed by atoms with Crippen LogP contribution in [0.5, 0.6) is 5.75 Å². The van der Waals surface area contributed by atoms with Crippen LogP contribution in [0.15, 0.2) is 29.2 Å². The highest BCUT2D eigenvalue weighted by Crippen LogP contribution is 2.27. The first kappa shape index (κ1) is 20.6. The Bertz CT molecular complexity index is 502. The van der Waals surface area contributed by atoms with Crippen molar-refractivity contribution in [3.63, 3.8) is 0 Å². The largest absolute Gasteiger partial charge is 0.466 e. The monoisotopic (exact) mass is 352 g/mol. The van der Waals surface area contributed by atoms with E-state index in [1.54, 1.807) is 6.07 Å². The van der Waals surface area contributed by atoms with Gasteiger partial charge in [-0.3, -0.25) is 9.59 Å². The molecule has 24 heavy (non-hydrogen) atoms. The summed E-state index contributed by atoms with van der Waals surface area (Å²) >= 11 is 1.53. The summed E-state index contributed by atoms with van der Waals surface area (Å²) in [5, 5.41) is 0. The Morgan fingerprint density at radius 1 is 0.958 bits per heavy atom. The molecule has 0 amide bonds. The van der Waals surface area contributed by atoms with Crippen LogP contribution < -0.4 is 4.74 Å². The van der Waals surface area contributed by atoms with E-state index in [-0.39, 0.29) is 24.8 Å². The van der Waals surface area contributed by atoms with Crippen LogP contribution >= 0.6 is 11.8 Å². The van der Waals surface area contributed by atoms with E-state index >= 15 is 0 Å². The average molecular weight is 352 g/mol. The number of rotatable bonds is 12. The maximum atomic E-state index is 11.8. The van der Waals surface area contributed by atoms with Gasteiger partial charge in [0.2, 0.25) is 0 Å². The predicted octanol–water partition coefficient (Wildman–Crippen LogP) is 5.00. The molecule has 0 aromatic heterocycles. The molecule has 0 aliphatic rings. The molecule has 0 saturated carbocycles. The molecular formula is C19H28O4S. The molecule has 0 spiro atoms. The number of carbonyl (C=O) groups is 2. The van der Waals surface area contributed by atoms with Gasteiger partial charge in [-0.2, -0.15) is 0 Å². The number of hydrogen-bond acceptors (Lipinski definition) is 5. The van der Waals surface area contributed by atoms with Crippen LogP contribution in [0.2, 0.25) is 0 Å². The van der Waals surface area contributed by atoms with Gasteiger partial charge in [0.15, 0.2) is 0 Å². The summed E-state index contributed by atoms with van der Waals surface area (Å²) in [5.74, 6) is 0.0244. The summed E-state index contributed by atoms with van der Waals surface area (Å²) in [7, 11) is 0. The third kappa shape index (κ3) is 8.96. The predicted molar refractivity (Wildman–Crippen MR) is 97.4 cm³/mol. The molecule has 1 aromatic carbocycles. The number of thioether (sulfide) groups is 1. The van der Waals surface area contributed by atoms with Crippen LogP contribution in [0.3, 0.4) is 0 Å². The van der Waals surface area contributed by atoms with E-state index in [4.69, 9.17) is 9.47 Å². The van der Waals surface area contributed by atoms with Crippen LogP contribution in [0.25, 0.3) is 0 Å². The van der Waals surface area contributed by atoms with E-state index in [1.165, 1.54) is 31.0 Å². The molecular weight excluding hydrogens is 324 g/mol. The Balaban J connectivity index is 2.13. The van der Waals surface area contributed by atoms with Gasteiger partial charge in [-0.1, -0.05) is 44.7 Å². The number of unbranched alkanes of at least 4 members (excludes halogenated alkanes) is 4. The van der Waals surface area contributed by atoms with Crippen molar-refractivity contribution in [2.24, 2.45) is 0 Å². The lowest BCUT2D eigenvalue weighted by atomic mass is 10.2. The van der Waals surface area contributed by atoms with E-state index < -0.39 is 0 Å². The highest BCUT2D eigenvalue weighted by atomic mass is 32.2. The van der Waals surface area contributed by atoms with Gasteiger partial charge in [0, 0.05) is 17.7 Å². The number of carbonyl (C=O) groups excluding carboxylic acids is 2. The summed E-state index contributed by atoms with van der Waals surface area (Å²) in [6, 6.07) is 7.42. The molecule has 1 aromatic rings. The van der Waals surface area contributed by atoms with Gasteiger partial charge in [0.1, 0.15) is 5.75 Å². The summed E-state index contributed by atoms with van der Waals surface area (Å²) in [6.45, 7) is 2.65. The number of ether oxygens (including phenoxy) is 2. The fourth-order valence-electron chi connectivity index (χ4n) is 2.22. The second-order valence-electron chi connectivity index (χ2n) is 5.61. The Kier molecular flexibility index (Phi) is 11.0. The Hall–Kier alpha value is -1.49. The molecule has 0 unspecified atom stereocenters. The molecule has 0 N–H and O–H groups in total. The van der Waals surface area contributed by atoms with Gasteiger partial charge >= 0.3 is 11.9 Å². The standard InChI is InChI=1S/C19H28O4S/c1-3-4-5-6-9-15-22-18(20)13-10-14-19(21)23-16-11-7-8-12-17(16)24-2/h7-8,11-12H,3-6,9-10,13-15H2,1-2H3. The molecule has 0 radical (unpaired) electrons. The number of para-hydroxylation sites is 1. The lowest BCUT2D eigenvalue weighted by Crippen LogP contribution is -2.11. The summed E-state index contributed by atoms with van der Waals surface area (Å²) in [4.78, 5) is 24.4. The molecule has 0 bridgehead atoms. The molecule has 1 rings (SSSR count).